The van der Waals surface area contributed by atoms with E-state index in [1.165, 1.54) is 17.5 Å². The van der Waals surface area contributed by atoms with Gasteiger partial charge in [-0.1, -0.05) is 43.9 Å². The number of carbonyl (C=O) groups excluding carboxylic acids is 1. The SMILES string of the molecule is Cc1ccccc1[C@@H]1C[C@H]1CC(=O)[Si](C)(C)C. The summed E-state index contributed by atoms with van der Waals surface area (Å²) in [4.78, 5) is 12.0. The summed E-state index contributed by atoms with van der Waals surface area (Å²) in [5.41, 5.74) is 2.83. The van der Waals surface area contributed by atoms with Gasteiger partial charge in [-0.05, 0) is 36.3 Å². The van der Waals surface area contributed by atoms with E-state index in [2.05, 4.69) is 50.8 Å². The van der Waals surface area contributed by atoms with Crippen molar-refractivity contribution in [1.29, 1.82) is 0 Å². The van der Waals surface area contributed by atoms with Crippen molar-refractivity contribution >= 4 is 13.5 Å². The molecular weight excluding hydrogens is 224 g/mol. The molecule has 0 saturated heterocycles. The number of benzene rings is 1. The Morgan fingerprint density at radius 1 is 1.29 bits per heavy atom. The van der Waals surface area contributed by atoms with Crippen molar-refractivity contribution in [3.8, 4) is 0 Å². The molecule has 0 aromatic heterocycles. The fourth-order valence-corrected chi connectivity index (χ4v) is 3.28. The fourth-order valence-electron chi connectivity index (χ4n) is 2.40. The van der Waals surface area contributed by atoms with Crippen molar-refractivity contribution in [2.45, 2.75) is 45.3 Å². The van der Waals surface area contributed by atoms with E-state index < -0.39 is 8.07 Å². The summed E-state index contributed by atoms with van der Waals surface area (Å²) in [6.45, 7) is 8.63. The molecule has 2 atom stereocenters. The maximum atomic E-state index is 12.0. The van der Waals surface area contributed by atoms with Crippen LogP contribution in [0.25, 0.3) is 0 Å². The van der Waals surface area contributed by atoms with Crippen molar-refractivity contribution in [2.75, 3.05) is 0 Å². The number of carbonyl (C=O) groups is 1. The molecule has 0 radical (unpaired) electrons. The third-order valence-electron chi connectivity index (χ3n) is 3.79. The van der Waals surface area contributed by atoms with E-state index >= 15 is 0 Å². The second-order valence-electron chi connectivity index (χ2n) is 6.34. The Morgan fingerprint density at radius 2 is 1.94 bits per heavy atom. The average Bonchev–Trinajstić information content (AvgIpc) is 2.96. The van der Waals surface area contributed by atoms with E-state index in [0.717, 1.165) is 6.42 Å². The van der Waals surface area contributed by atoms with Crippen molar-refractivity contribution in [2.24, 2.45) is 5.92 Å². The largest absolute Gasteiger partial charge is 0.305 e. The van der Waals surface area contributed by atoms with E-state index in [1.54, 1.807) is 0 Å². The first kappa shape index (κ1) is 12.6. The summed E-state index contributed by atoms with van der Waals surface area (Å²) in [7, 11) is -1.57. The molecule has 1 aliphatic rings. The van der Waals surface area contributed by atoms with Crippen molar-refractivity contribution in [3.05, 3.63) is 35.4 Å². The lowest BCUT2D eigenvalue weighted by molar-refractivity contribution is -0.113. The van der Waals surface area contributed by atoms with Crippen LogP contribution < -0.4 is 0 Å². The molecule has 2 rings (SSSR count). The minimum atomic E-state index is -1.57. The molecule has 0 unspecified atom stereocenters. The normalized spacial score (nSPS) is 23.5. The molecule has 0 bridgehead atoms. The Bertz CT molecular complexity index is 431. The first-order valence-electron chi connectivity index (χ1n) is 6.48. The molecule has 1 saturated carbocycles. The number of rotatable bonds is 4. The zero-order chi connectivity index (χ0) is 12.6. The summed E-state index contributed by atoms with van der Waals surface area (Å²) in [6.07, 6.45) is 2.02. The van der Waals surface area contributed by atoms with Crippen LogP contribution in [0.4, 0.5) is 0 Å². The van der Waals surface area contributed by atoms with E-state index in [-0.39, 0.29) is 0 Å². The third-order valence-corrected chi connectivity index (χ3v) is 5.67. The molecule has 92 valence electrons. The molecule has 17 heavy (non-hydrogen) atoms. The van der Waals surface area contributed by atoms with Crippen molar-refractivity contribution < 1.29 is 4.79 Å². The maximum Gasteiger partial charge on any atom is 0.123 e. The van der Waals surface area contributed by atoms with Crippen LogP contribution in [-0.4, -0.2) is 13.5 Å². The summed E-state index contributed by atoms with van der Waals surface area (Å²) >= 11 is 0. The van der Waals surface area contributed by atoms with Gasteiger partial charge in [0.2, 0.25) is 0 Å². The first-order chi connectivity index (χ1) is 7.89. The predicted octanol–water partition coefficient (Wildman–Crippen LogP) is 3.94. The Labute approximate surface area is 105 Å². The van der Waals surface area contributed by atoms with Crippen molar-refractivity contribution in [3.63, 3.8) is 0 Å². The molecule has 1 aromatic carbocycles. The Morgan fingerprint density at radius 3 is 2.53 bits per heavy atom. The van der Waals surface area contributed by atoms with Gasteiger partial charge in [0.25, 0.3) is 0 Å². The van der Waals surface area contributed by atoms with Crippen LogP contribution in [-0.2, 0) is 4.79 Å². The predicted molar refractivity (Wildman–Crippen MR) is 75.0 cm³/mol. The fraction of sp³-hybridized carbons (Fsp3) is 0.533. The van der Waals surface area contributed by atoms with Gasteiger partial charge in [-0.25, -0.2) is 0 Å². The maximum absolute atomic E-state index is 12.0. The summed E-state index contributed by atoms with van der Waals surface area (Å²) in [5, 5.41) is 0.540. The number of hydrogen-bond donors (Lipinski definition) is 0. The second-order valence-corrected chi connectivity index (χ2v) is 11.4. The summed E-state index contributed by atoms with van der Waals surface area (Å²) < 4.78 is 0. The highest BCUT2D eigenvalue weighted by molar-refractivity contribution is 7.03. The van der Waals surface area contributed by atoms with E-state index in [1.807, 2.05) is 0 Å². The lowest BCUT2D eigenvalue weighted by Crippen LogP contribution is -2.33. The van der Waals surface area contributed by atoms with Crippen LogP contribution in [0.1, 0.15) is 29.9 Å². The molecule has 1 aliphatic carbocycles. The average molecular weight is 246 g/mol. The van der Waals surface area contributed by atoms with Crippen LogP contribution in [0.5, 0.6) is 0 Å². The van der Waals surface area contributed by atoms with Gasteiger partial charge in [0, 0.05) is 6.42 Å². The highest BCUT2D eigenvalue weighted by Gasteiger charge is 2.41. The van der Waals surface area contributed by atoms with Gasteiger partial charge in [-0.15, -0.1) is 0 Å². The zero-order valence-corrected chi connectivity index (χ0v) is 12.3. The van der Waals surface area contributed by atoms with Gasteiger partial charge in [0.1, 0.15) is 13.5 Å². The standard InChI is InChI=1S/C15H22OSi/c1-11-7-5-6-8-13(11)14-9-12(14)10-15(16)17(2,3)4/h5-8,12,14H,9-10H2,1-4H3/t12-,14+/m0/s1. The zero-order valence-electron chi connectivity index (χ0n) is 11.3. The second kappa shape index (κ2) is 4.41. The van der Waals surface area contributed by atoms with Crippen LogP contribution >= 0.6 is 0 Å². The van der Waals surface area contributed by atoms with Crippen LogP contribution in [0.3, 0.4) is 0 Å². The lowest BCUT2D eigenvalue weighted by Gasteiger charge is -2.13. The molecule has 0 N–H and O–H groups in total. The molecule has 0 amide bonds. The van der Waals surface area contributed by atoms with Crippen LogP contribution in [0.2, 0.25) is 19.6 Å². The Balaban J connectivity index is 1.98. The first-order valence-corrected chi connectivity index (χ1v) is 9.98. The molecule has 2 heteroatoms. The minimum Gasteiger partial charge on any atom is -0.305 e. The van der Waals surface area contributed by atoms with Crippen LogP contribution in [0, 0.1) is 12.8 Å². The van der Waals surface area contributed by atoms with Gasteiger partial charge in [-0.2, -0.15) is 0 Å². The molecule has 1 aromatic rings. The topological polar surface area (TPSA) is 17.1 Å². The monoisotopic (exact) mass is 246 g/mol. The highest BCUT2D eigenvalue weighted by atomic mass is 28.3. The summed E-state index contributed by atoms with van der Waals surface area (Å²) in [5.74, 6) is 1.27. The molecule has 1 fully saturated rings. The molecule has 0 aliphatic heterocycles. The lowest BCUT2D eigenvalue weighted by atomic mass is 10.0. The Hall–Kier alpha value is -0.893. The van der Waals surface area contributed by atoms with E-state index in [0.29, 0.717) is 17.2 Å². The van der Waals surface area contributed by atoms with Crippen molar-refractivity contribution in [1.82, 2.24) is 0 Å². The minimum absolute atomic E-state index is 0.540. The van der Waals surface area contributed by atoms with Gasteiger partial charge >= 0.3 is 0 Å². The van der Waals surface area contributed by atoms with Gasteiger partial charge in [0.15, 0.2) is 0 Å². The number of hydrogen-bond acceptors (Lipinski definition) is 1. The van der Waals surface area contributed by atoms with E-state index in [9.17, 15) is 4.79 Å². The molecular formula is C15H22OSi. The third kappa shape index (κ3) is 2.86. The molecule has 0 heterocycles. The quantitative estimate of drug-likeness (QED) is 0.736. The van der Waals surface area contributed by atoms with Crippen LogP contribution in [0.15, 0.2) is 24.3 Å². The van der Waals surface area contributed by atoms with E-state index in [4.69, 9.17) is 0 Å². The summed E-state index contributed by atoms with van der Waals surface area (Å²) in [6, 6.07) is 8.59. The van der Waals surface area contributed by atoms with Gasteiger partial charge < -0.3 is 4.79 Å². The molecule has 0 spiro atoms. The smallest absolute Gasteiger partial charge is 0.123 e. The highest BCUT2D eigenvalue weighted by Crippen LogP contribution is 2.50. The Kier molecular flexibility index (Phi) is 3.26. The molecule has 1 nitrogen and oxygen atoms in total. The number of aryl methyl sites for hydroxylation is 1. The van der Waals surface area contributed by atoms with Gasteiger partial charge in [0.05, 0.1) is 0 Å². The van der Waals surface area contributed by atoms with Gasteiger partial charge in [-0.3, -0.25) is 0 Å².